The Kier molecular flexibility index (Phi) is 5.15. The normalized spacial score (nSPS) is 19.1. The highest BCUT2D eigenvalue weighted by Gasteiger charge is 2.31. The summed E-state index contributed by atoms with van der Waals surface area (Å²) in [7, 11) is -2.99. The van der Waals surface area contributed by atoms with Gasteiger partial charge < -0.3 is 0 Å². The molecule has 1 aromatic carbocycles. The van der Waals surface area contributed by atoms with Crippen molar-refractivity contribution in [2.75, 3.05) is 11.5 Å². The maximum absolute atomic E-state index is 12.1. The number of nitrogens with one attached hydrogen (secondary N) is 1. The quantitative estimate of drug-likeness (QED) is 0.635. The van der Waals surface area contributed by atoms with E-state index in [0.29, 0.717) is 17.0 Å². The summed E-state index contributed by atoms with van der Waals surface area (Å²) in [6, 6.07) is 6.43. The van der Waals surface area contributed by atoms with E-state index in [1.165, 1.54) is 6.21 Å². The lowest BCUT2D eigenvalue weighted by atomic mass is 10.2. The summed E-state index contributed by atoms with van der Waals surface area (Å²) >= 11 is 5.87. The SMILES string of the molecule is Cc1nn(C2CCS(=O)(=O)C2)c(C)c1/C=N/NC(=O)c1cccc(Cl)c1. The van der Waals surface area contributed by atoms with E-state index in [1.807, 2.05) is 13.8 Å². The molecule has 2 heterocycles. The maximum atomic E-state index is 12.1. The second-order valence-corrected chi connectivity index (χ2v) is 8.96. The average Bonchev–Trinajstić information content (AvgIpc) is 3.07. The molecule has 1 aliphatic rings. The topological polar surface area (TPSA) is 93.4 Å². The Balaban J connectivity index is 1.74. The van der Waals surface area contributed by atoms with Crippen molar-refractivity contribution in [2.45, 2.75) is 26.3 Å². The zero-order valence-electron chi connectivity index (χ0n) is 14.4. The zero-order chi connectivity index (χ0) is 18.9. The number of aromatic nitrogens is 2. The summed E-state index contributed by atoms with van der Waals surface area (Å²) < 4.78 is 25.1. The van der Waals surface area contributed by atoms with Crippen LogP contribution in [0.2, 0.25) is 5.02 Å². The maximum Gasteiger partial charge on any atom is 0.271 e. The minimum absolute atomic E-state index is 0.108. The van der Waals surface area contributed by atoms with Crippen molar-refractivity contribution in [3.8, 4) is 0 Å². The van der Waals surface area contributed by atoms with E-state index in [0.717, 1.165) is 17.0 Å². The van der Waals surface area contributed by atoms with Crippen molar-refractivity contribution in [2.24, 2.45) is 5.10 Å². The van der Waals surface area contributed by atoms with Gasteiger partial charge in [0.25, 0.3) is 5.91 Å². The smallest absolute Gasteiger partial charge is 0.267 e. The van der Waals surface area contributed by atoms with Gasteiger partial charge in [-0.05, 0) is 38.5 Å². The number of carbonyl (C=O) groups excluding carboxylic acids is 1. The van der Waals surface area contributed by atoms with Gasteiger partial charge >= 0.3 is 0 Å². The number of amides is 1. The van der Waals surface area contributed by atoms with Gasteiger partial charge in [-0.2, -0.15) is 10.2 Å². The number of benzene rings is 1. The van der Waals surface area contributed by atoms with Crippen LogP contribution in [0.3, 0.4) is 0 Å². The Morgan fingerprint density at radius 2 is 2.19 bits per heavy atom. The highest BCUT2D eigenvalue weighted by molar-refractivity contribution is 7.91. The van der Waals surface area contributed by atoms with Gasteiger partial charge in [0.15, 0.2) is 9.84 Å². The van der Waals surface area contributed by atoms with Crippen LogP contribution in [0.5, 0.6) is 0 Å². The molecular formula is C17H19ClN4O3S. The Morgan fingerprint density at radius 3 is 2.85 bits per heavy atom. The van der Waals surface area contributed by atoms with Gasteiger partial charge in [-0.3, -0.25) is 9.48 Å². The molecular weight excluding hydrogens is 376 g/mol. The number of rotatable bonds is 4. The largest absolute Gasteiger partial charge is 0.271 e. The molecule has 9 heteroatoms. The molecule has 1 unspecified atom stereocenters. The van der Waals surface area contributed by atoms with E-state index < -0.39 is 9.84 Å². The van der Waals surface area contributed by atoms with Gasteiger partial charge in [0.2, 0.25) is 0 Å². The van der Waals surface area contributed by atoms with E-state index in [-0.39, 0.29) is 23.5 Å². The molecule has 138 valence electrons. The molecule has 1 fully saturated rings. The summed E-state index contributed by atoms with van der Waals surface area (Å²) in [5.74, 6) is -0.0695. The van der Waals surface area contributed by atoms with Crippen molar-refractivity contribution < 1.29 is 13.2 Å². The molecule has 7 nitrogen and oxygen atoms in total. The van der Waals surface area contributed by atoms with Gasteiger partial charge in [0.05, 0.1) is 29.5 Å². The van der Waals surface area contributed by atoms with Gasteiger partial charge in [-0.1, -0.05) is 17.7 Å². The van der Waals surface area contributed by atoms with Gasteiger partial charge in [0, 0.05) is 21.8 Å². The second-order valence-electron chi connectivity index (χ2n) is 6.30. The highest BCUT2D eigenvalue weighted by Crippen LogP contribution is 2.26. The fraction of sp³-hybridized carbons (Fsp3) is 0.353. The van der Waals surface area contributed by atoms with Crippen molar-refractivity contribution in [3.05, 3.63) is 51.8 Å². The van der Waals surface area contributed by atoms with E-state index in [4.69, 9.17) is 11.6 Å². The van der Waals surface area contributed by atoms with Gasteiger partial charge in [0.1, 0.15) is 0 Å². The number of hydrogen-bond donors (Lipinski definition) is 1. The van der Waals surface area contributed by atoms with Crippen molar-refractivity contribution in [1.29, 1.82) is 0 Å². The standard InChI is InChI=1S/C17H19ClN4O3S/c1-11-16(9-19-20-17(23)13-4-3-5-14(18)8-13)12(2)22(21-11)15-6-7-26(24,25)10-15/h3-5,8-9,15H,6-7,10H2,1-2H3,(H,20,23)/b19-9+. The minimum atomic E-state index is -2.99. The predicted octanol–water partition coefficient (Wildman–Crippen LogP) is 2.28. The summed E-state index contributed by atoms with van der Waals surface area (Å²) in [6.45, 7) is 3.69. The number of carbonyl (C=O) groups is 1. The lowest BCUT2D eigenvalue weighted by Crippen LogP contribution is -2.17. The van der Waals surface area contributed by atoms with Gasteiger partial charge in [-0.15, -0.1) is 0 Å². The van der Waals surface area contributed by atoms with Crippen LogP contribution < -0.4 is 5.43 Å². The Morgan fingerprint density at radius 1 is 1.42 bits per heavy atom. The molecule has 2 aromatic rings. The number of hydrazone groups is 1. The van der Waals surface area contributed by atoms with Crippen LogP contribution in [-0.4, -0.2) is 41.8 Å². The summed E-state index contributed by atoms with van der Waals surface area (Å²) in [4.78, 5) is 12.1. The summed E-state index contributed by atoms with van der Waals surface area (Å²) in [5.41, 5.74) is 5.19. The Hall–Kier alpha value is -2.19. The van der Waals surface area contributed by atoms with Crippen LogP contribution in [0.1, 0.15) is 39.8 Å². The monoisotopic (exact) mass is 394 g/mol. The molecule has 1 saturated heterocycles. The molecule has 0 radical (unpaired) electrons. The highest BCUT2D eigenvalue weighted by atomic mass is 35.5. The molecule has 0 aliphatic carbocycles. The fourth-order valence-corrected chi connectivity index (χ4v) is 4.92. The van der Waals surface area contributed by atoms with Crippen LogP contribution >= 0.6 is 11.6 Å². The average molecular weight is 395 g/mol. The third kappa shape index (κ3) is 3.96. The first-order valence-electron chi connectivity index (χ1n) is 8.12. The molecule has 1 N–H and O–H groups in total. The number of sulfone groups is 1. The number of aryl methyl sites for hydroxylation is 1. The fourth-order valence-electron chi connectivity index (χ4n) is 3.04. The van der Waals surface area contributed by atoms with Crippen molar-refractivity contribution >= 4 is 33.6 Å². The number of halogens is 1. The third-order valence-corrected chi connectivity index (χ3v) is 6.37. The third-order valence-electron chi connectivity index (χ3n) is 4.38. The summed E-state index contributed by atoms with van der Waals surface area (Å²) in [5, 5.41) is 8.93. The lowest BCUT2D eigenvalue weighted by Gasteiger charge is -2.10. The van der Waals surface area contributed by atoms with Crippen LogP contribution in [0, 0.1) is 13.8 Å². The van der Waals surface area contributed by atoms with Crippen molar-refractivity contribution in [3.63, 3.8) is 0 Å². The van der Waals surface area contributed by atoms with E-state index in [9.17, 15) is 13.2 Å². The molecule has 1 aromatic heterocycles. The Bertz CT molecular complexity index is 982. The number of hydrogen-bond acceptors (Lipinski definition) is 5. The Labute approximate surface area is 157 Å². The zero-order valence-corrected chi connectivity index (χ0v) is 16.0. The molecule has 1 aliphatic heterocycles. The first kappa shape index (κ1) is 18.6. The molecule has 1 amide bonds. The van der Waals surface area contributed by atoms with Crippen molar-refractivity contribution in [1.82, 2.24) is 15.2 Å². The molecule has 0 saturated carbocycles. The molecule has 1 atom stereocenters. The van der Waals surface area contributed by atoms with Crippen LogP contribution in [0.4, 0.5) is 0 Å². The summed E-state index contributed by atoms with van der Waals surface area (Å²) in [6.07, 6.45) is 2.09. The van der Waals surface area contributed by atoms with Crippen LogP contribution in [0.15, 0.2) is 29.4 Å². The van der Waals surface area contributed by atoms with E-state index in [1.54, 1.807) is 28.9 Å². The van der Waals surface area contributed by atoms with Gasteiger partial charge in [-0.25, -0.2) is 13.8 Å². The second kappa shape index (κ2) is 7.20. The molecule has 26 heavy (non-hydrogen) atoms. The van der Waals surface area contributed by atoms with E-state index >= 15 is 0 Å². The van der Waals surface area contributed by atoms with E-state index in [2.05, 4.69) is 15.6 Å². The number of nitrogens with zero attached hydrogens (tertiary/aromatic N) is 3. The predicted molar refractivity (Wildman–Crippen MR) is 101 cm³/mol. The molecule has 3 rings (SSSR count). The first-order valence-corrected chi connectivity index (χ1v) is 10.3. The van der Waals surface area contributed by atoms with Crippen LogP contribution in [0.25, 0.3) is 0 Å². The molecule has 0 bridgehead atoms. The van der Waals surface area contributed by atoms with Crippen LogP contribution in [-0.2, 0) is 9.84 Å². The minimum Gasteiger partial charge on any atom is -0.267 e. The lowest BCUT2D eigenvalue weighted by molar-refractivity contribution is 0.0955. The first-order chi connectivity index (χ1) is 12.3. The molecule has 0 spiro atoms.